The summed E-state index contributed by atoms with van der Waals surface area (Å²) >= 11 is 0. The molecular weight excluding hydrogens is 298 g/mol. The molecule has 0 unspecified atom stereocenters. The highest BCUT2D eigenvalue weighted by Gasteiger charge is 2.25. The van der Waals surface area contributed by atoms with E-state index in [1.807, 2.05) is 11.9 Å². The Bertz CT molecular complexity index is 525. The van der Waals surface area contributed by atoms with Gasteiger partial charge in [0.15, 0.2) is 5.82 Å². The molecule has 2 rings (SSSR count). The smallest absolute Gasteiger partial charge is 0.240 e. The summed E-state index contributed by atoms with van der Waals surface area (Å²) in [6.45, 7) is 9.91. The van der Waals surface area contributed by atoms with Crippen molar-refractivity contribution in [1.82, 2.24) is 19.9 Å². The minimum absolute atomic E-state index is 0.0399. The molecule has 8 nitrogen and oxygen atoms in total. The Hall–Kier alpha value is -1.51. The number of nitrogens with zero attached hydrogens (tertiary/aromatic N) is 4. The Morgan fingerprint density at radius 3 is 2.83 bits per heavy atom. The van der Waals surface area contributed by atoms with Crippen molar-refractivity contribution in [3.63, 3.8) is 0 Å². The molecule has 1 aliphatic heterocycles. The van der Waals surface area contributed by atoms with Gasteiger partial charge in [0.05, 0.1) is 25.8 Å². The van der Waals surface area contributed by atoms with E-state index in [4.69, 9.17) is 15.0 Å². The molecule has 2 N–H and O–H groups in total. The molecule has 0 aromatic carbocycles. The van der Waals surface area contributed by atoms with Crippen LogP contribution in [0.25, 0.3) is 0 Å². The molecular formula is C15H27N5O3. The third kappa shape index (κ3) is 5.56. The summed E-state index contributed by atoms with van der Waals surface area (Å²) in [5.74, 6) is 1.01. The lowest BCUT2D eigenvalue weighted by Crippen LogP contribution is -2.47. The van der Waals surface area contributed by atoms with E-state index in [1.54, 1.807) is 0 Å². The maximum atomic E-state index is 10.9. The van der Waals surface area contributed by atoms with E-state index in [-0.39, 0.29) is 24.0 Å². The van der Waals surface area contributed by atoms with Crippen LogP contribution in [0.3, 0.4) is 0 Å². The number of carbonyl (C=O) groups is 1. The first-order chi connectivity index (χ1) is 10.7. The summed E-state index contributed by atoms with van der Waals surface area (Å²) < 4.78 is 11.1. The monoisotopic (exact) mass is 325 g/mol. The molecule has 0 bridgehead atoms. The minimum Gasteiger partial charge on any atom is -0.374 e. The molecule has 0 aliphatic carbocycles. The summed E-state index contributed by atoms with van der Waals surface area (Å²) in [7, 11) is 1.86. The third-order valence-corrected chi connectivity index (χ3v) is 3.66. The van der Waals surface area contributed by atoms with Crippen molar-refractivity contribution in [3.05, 3.63) is 11.7 Å². The van der Waals surface area contributed by atoms with E-state index < -0.39 is 0 Å². The molecule has 23 heavy (non-hydrogen) atoms. The lowest BCUT2D eigenvalue weighted by Gasteiger charge is -2.33. The standard InChI is InChI=1S/C15H27N5O3/c1-15(2,3)14-17-13(23-18-14)10-20-5-6-22-11(8-20)7-19(4)9-12(16)21/h11H,5-10H2,1-4H3,(H2,16,21)/t11-/m0/s1. The average molecular weight is 325 g/mol. The SMILES string of the molecule is CN(CC(N)=O)C[C@H]1CN(Cc2nc(C(C)(C)C)no2)CCO1. The topological polar surface area (TPSA) is 97.7 Å². The number of rotatable bonds is 6. The predicted octanol–water partition coefficient (Wildman–Crippen LogP) is -0.0150. The first kappa shape index (κ1) is 17.8. The Labute approximate surface area is 136 Å². The molecule has 1 saturated heterocycles. The number of hydrogen-bond donors (Lipinski definition) is 1. The van der Waals surface area contributed by atoms with Crippen LogP contribution in [0.5, 0.6) is 0 Å². The highest BCUT2D eigenvalue weighted by Crippen LogP contribution is 2.19. The third-order valence-electron chi connectivity index (χ3n) is 3.66. The fourth-order valence-electron chi connectivity index (χ4n) is 2.53. The fourth-order valence-corrected chi connectivity index (χ4v) is 2.53. The lowest BCUT2D eigenvalue weighted by molar-refractivity contribution is -0.119. The fraction of sp³-hybridized carbons (Fsp3) is 0.800. The molecule has 0 saturated carbocycles. The largest absolute Gasteiger partial charge is 0.374 e. The predicted molar refractivity (Wildman–Crippen MR) is 84.7 cm³/mol. The van der Waals surface area contributed by atoms with Crippen molar-refractivity contribution in [1.29, 1.82) is 0 Å². The molecule has 1 aliphatic rings. The normalized spacial score (nSPS) is 20.1. The van der Waals surface area contributed by atoms with Crippen LogP contribution in [-0.2, 0) is 21.5 Å². The number of likely N-dealkylation sites (N-methyl/N-ethyl adjacent to an activating group) is 1. The summed E-state index contributed by atoms with van der Waals surface area (Å²) in [5.41, 5.74) is 5.09. The summed E-state index contributed by atoms with van der Waals surface area (Å²) in [5, 5.41) is 4.05. The molecule has 8 heteroatoms. The van der Waals surface area contributed by atoms with Crippen molar-refractivity contribution >= 4 is 5.91 Å². The van der Waals surface area contributed by atoms with Crippen LogP contribution in [0.4, 0.5) is 0 Å². The molecule has 1 atom stereocenters. The minimum atomic E-state index is -0.333. The van der Waals surface area contributed by atoms with Crippen molar-refractivity contribution in [3.8, 4) is 0 Å². The van der Waals surface area contributed by atoms with Crippen LogP contribution >= 0.6 is 0 Å². The van der Waals surface area contributed by atoms with Gasteiger partial charge in [-0.25, -0.2) is 0 Å². The van der Waals surface area contributed by atoms with Crippen molar-refractivity contribution in [2.45, 2.75) is 38.8 Å². The second-order valence-corrected chi connectivity index (χ2v) is 7.15. The van der Waals surface area contributed by atoms with E-state index in [0.717, 1.165) is 18.9 Å². The van der Waals surface area contributed by atoms with Crippen LogP contribution < -0.4 is 5.73 Å². The van der Waals surface area contributed by atoms with Gasteiger partial charge in [-0.05, 0) is 7.05 Å². The molecule has 1 fully saturated rings. The van der Waals surface area contributed by atoms with Crippen LogP contribution in [0.15, 0.2) is 4.52 Å². The zero-order valence-electron chi connectivity index (χ0n) is 14.4. The summed E-state index contributed by atoms with van der Waals surface area (Å²) in [6.07, 6.45) is 0.0399. The Balaban J connectivity index is 1.86. The molecule has 1 aromatic heterocycles. The molecule has 0 spiro atoms. The van der Waals surface area contributed by atoms with Gasteiger partial charge in [0.25, 0.3) is 0 Å². The second kappa shape index (κ2) is 7.37. The highest BCUT2D eigenvalue weighted by atomic mass is 16.5. The maximum Gasteiger partial charge on any atom is 0.240 e. The first-order valence-electron chi connectivity index (χ1n) is 7.88. The van der Waals surface area contributed by atoms with E-state index in [0.29, 0.717) is 25.6 Å². The van der Waals surface area contributed by atoms with Gasteiger partial charge in [-0.3, -0.25) is 14.6 Å². The van der Waals surface area contributed by atoms with E-state index >= 15 is 0 Å². The van der Waals surface area contributed by atoms with Crippen LogP contribution in [-0.4, -0.2) is 71.8 Å². The zero-order valence-corrected chi connectivity index (χ0v) is 14.4. The number of carbonyl (C=O) groups excluding carboxylic acids is 1. The van der Waals surface area contributed by atoms with Gasteiger partial charge < -0.3 is 15.0 Å². The van der Waals surface area contributed by atoms with Gasteiger partial charge in [-0.1, -0.05) is 25.9 Å². The average Bonchev–Trinajstić information content (AvgIpc) is 2.86. The Kier molecular flexibility index (Phi) is 5.72. The lowest BCUT2D eigenvalue weighted by atomic mass is 9.96. The molecule has 2 heterocycles. The molecule has 130 valence electrons. The van der Waals surface area contributed by atoms with E-state index in [9.17, 15) is 4.79 Å². The number of morpholine rings is 1. The Morgan fingerprint density at radius 1 is 1.48 bits per heavy atom. The highest BCUT2D eigenvalue weighted by molar-refractivity contribution is 5.75. The molecule has 1 aromatic rings. The summed E-state index contributed by atoms with van der Waals surface area (Å²) in [4.78, 5) is 19.5. The van der Waals surface area contributed by atoms with Crippen molar-refractivity contribution in [2.75, 3.05) is 39.8 Å². The van der Waals surface area contributed by atoms with E-state index in [2.05, 4.69) is 35.8 Å². The van der Waals surface area contributed by atoms with Gasteiger partial charge in [0.1, 0.15) is 0 Å². The van der Waals surface area contributed by atoms with Crippen LogP contribution in [0, 0.1) is 0 Å². The maximum absolute atomic E-state index is 10.9. The van der Waals surface area contributed by atoms with Gasteiger partial charge in [-0.15, -0.1) is 0 Å². The first-order valence-corrected chi connectivity index (χ1v) is 7.88. The number of aromatic nitrogens is 2. The van der Waals surface area contributed by atoms with E-state index in [1.165, 1.54) is 0 Å². The molecule has 0 radical (unpaired) electrons. The van der Waals surface area contributed by atoms with Gasteiger partial charge in [0.2, 0.25) is 11.8 Å². The molecule has 1 amide bonds. The van der Waals surface area contributed by atoms with Crippen LogP contribution in [0.1, 0.15) is 32.5 Å². The number of nitrogens with two attached hydrogens (primary N) is 1. The quantitative estimate of drug-likeness (QED) is 0.785. The van der Waals surface area contributed by atoms with Crippen molar-refractivity contribution in [2.24, 2.45) is 5.73 Å². The number of amides is 1. The number of primary amides is 1. The van der Waals surface area contributed by atoms with Gasteiger partial charge >= 0.3 is 0 Å². The number of ether oxygens (including phenoxy) is 1. The Morgan fingerprint density at radius 2 is 2.22 bits per heavy atom. The summed E-state index contributed by atoms with van der Waals surface area (Å²) in [6, 6.07) is 0. The zero-order chi connectivity index (χ0) is 17.0. The van der Waals surface area contributed by atoms with Gasteiger partial charge in [0, 0.05) is 25.0 Å². The van der Waals surface area contributed by atoms with Crippen LogP contribution in [0.2, 0.25) is 0 Å². The second-order valence-electron chi connectivity index (χ2n) is 7.15. The van der Waals surface area contributed by atoms with Crippen molar-refractivity contribution < 1.29 is 14.1 Å². The number of hydrogen-bond acceptors (Lipinski definition) is 7. The van der Waals surface area contributed by atoms with Gasteiger partial charge in [-0.2, -0.15) is 4.98 Å².